The predicted octanol–water partition coefficient (Wildman–Crippen LogP) is 1.49. The van der Waals surface area contributed by atoms with Gasteiger partial charge >= 0.3 is 0 Å². The Morgan fingerprint density at radius 1 is 1.62 bits per heavy atom. The maximum atomic E-state index is 10.6. The number of hydrogen-bond donors (Lipinski definition) is 1. The summed E-state index contributed by atoms with van der Waals surface area (Å²) in [4.78, 5) is 10.6. The molecule has 70 valence electrons. The molecule has 0 fully saturated rings. The third kappa shape index (κ3) is 2.73. The molecule has 0 unspecified atom stereocenters. The molecule has 3 nitrogen and oxygen atoms in total. The Morgan fingerprint density at radius 3 is 2.77 bits per heavy atom. The summed E-state index contributed by atoms with van der Waals surface area (Å²) < 4.78 is 5.87. The molecule has 0 saturated carbocycles. The number of benzene rings is 1. The van der Waals surface area contributed by atoms with E-state index in [0.717, 1.165) is 15.8 Å². The van der Waals surface area contributed by atoms with E-state index in [0.29, 0.717) is 0 Å². The standard InChI is InChI=1S/C9H10BrNO2/c1-13-8-3-2-6(4-7(8)10)5-9(11)12/h2-4H,5H2,1H3,(H2,11,12). The average molecular weight is 244 g/mol. The van der Waals surface area contributed by atoms with E-state index >= 15 is 0 Å². The van der Waals surface area contributed by atoms with Crippen LogP contribution in [-0.2, 0) is 11.2 Å². The van der Waals surface area contributed by atoms with E-state index in [1.165, 1.54) is 0 Å². The van der Waals surface area contributed by atoms with Gasteiger partial charge in [-0.1, -0.05) is 6.07 Å². The van der Waals surface area contributed by atoms with Crippen LogP contribution >= 0.6 is 15.9 Å². The predicted molar refractivity (Wildman–Crippen MR) is 53.6 cm³/mol. The summed E-state index contributed by atoms with van der Waals surface area (Å²) in [6.45, 7) is 0. The summed E-state index contributed by atoms with van der Waals surface area (Å²) in [5.41, 5.74) is 5.93. The first-order valence-corrected chi connectivity index (χ1v) is 4.53. The van der Waals surface area contributed by atoms with Gasteiger partial charge in [0.25, 0.3) is 0 Å². The van der Waals surface area contributed by atoms with Crippen LogP contribution in [0.15, 0.2) is 22.7 Å². The molecular formula is C9H10BrNO2. The molecule has 0 saturated heterocycles. The topological polar surface area (TPSA) is 52.3 Å². The van der Waals surface area contributed by atoms with Crippen molar-refractivity contribution in [3.05, 3.63) is 28.2 Å². The molecule has 0 aliphatic heterocycles. The first-order valence-electron chi connectivity index (χ1n) is 3.74. The number of amides is 1. The molecule has 1 aromatic carbocycles. The van der Waals surface area contributed by atoms with E-state index in [2.05, 4.69) is 15.9 Å². The molecule has 0 aromatic heterocycles. The summed E-state index contributed by atoms with van der Waals surface area (Å²) in [6, 6.07) is 5.43. The molecule has 4 heteroatoms. The minimum absolute atomic E-state index is 0.253. The molecule has 0 radical (unpaired) electrons. The molecule has 0 spiro atoms. The van der Waals surface area contributed by atoms with Gasteiger partial charge in [0.2, 0.25) is 5.91 Å². The van der Waals surface area contributed by atoms with Crippen LogP contribution in [0.5, 0.6) is 5.75 Å². The molecule has 0 aliphatic carbocycles. The highest BCUT2D eigenvalue weighted by molar-refractivity contribution is 9.10. The highest BCUT2D eigenvalue weighted by Gasteiger charge is 2.03. The lowest BCUT2D eigenvalue weighted by Gasteiger charge is -2.04. The van der Waals surface area contributed by atoms with Gasteiger partial charge in [0.05, 0.1) is 18.0 Å². The summed E-state index contributed by atoms with van der Waals surface area (Å²) >= 11 is 3.32. The normalized spacial score (nSPS) is 9.69. The van der Waals surface area contributed by atoms with Crippen molar-refractivity contribution in [1.29, 1.82) is 0 Å². The fourth-order valence-electron chi connectivity index (χ4n) is 1.02. The molecule has 0 bridgehead atoms. The number of rotatable bonds is 3. The van der Waals surface area contributed by atoms with Crippen LogP contribution in [0.4, 0.5) is 0 Å². The summed E-state index contributed by atoms with van der Waals surface area (Å²) in [7, 11) is 1.59. The van der Waals surface area contributed by atoms with Gasteiger partial charge in [-0.15, -0.1) is 0 Å². The smallest absolute Gasteiger partial charge is 0.221 e. The minimum atomic E-state index is -0.336. The molecule has 1 rings (SSSR count). The number of hydrogen-bond acceptors (Lipinski definition) is 2. The van der Waals surface area contributed by atoms with Gasteiger partial charge in [-0.25, -0.2) is 0 Å². The van der Waals surface area contributed by atoms with Gasteiger partial charge in [-0.2, -0.15) is 0 Å². The second kappa shape index (κ2) is 4.28. The van der Waals surface area contributed by atoms with E-state index in [9.17, 15) is 4.79 Å². The second-order valence-electron chi connectivity index (χ2n) is 2.61. The van der Waals surface area contributed by atoms with Crippen LogP contribution in [0.25, 0.3) is 0 Å². The van der Waals surface area contributed by atoms with Crippen LogP contribution in [0.3, 0.4) is 0 Å². The van der Waals surface area contributed by atoms with Crippen molar-refractivity contribution in [1.82, 2.24) is 0 Å². The van der Waals surface area contributed by atoms with Gasteiger partial charge in [0.1, 0.15) is 5.75 Å². The van der Waals surface area contributed by atoms with E-state index in [-0.39, 0.29) is 12.3 Å². The summed E-state index contributed by atoms with van der Waals surface area (Å²) in [5, 5.41) is 0. The lowest BCUT2D eigenvalue weighted by atomic mass is 10.1. The van der Waals surface area contributed by atoms with Crippen molar-refractivity contribution in [2.45, 2.75) is 6.42 Å². The molecule has 0 aliphatic rings. The second-order valence-corrected chi connectivity index (χ2v) is 3.47. The maximum absolute atomic E-state index is 10.6. The highest BCUT2D eigenvalue weighted by atomic mass is 79.9. The Labute approximate surface area is 85.0 Å². The lowest BCUT2D eigenvalue weighted by Crippen LogP contribution is -2.13. The molecule has 2 N–H and O–H groups in total. The number of ether oxygens (including phenoxy) is 1. The summed E-state index contributed by atoms with van der Waals surface area (Å²) in [6.07, 6.45) is 0.253. The Hall–Kier alpha value is -1.03. The van der Waals surface area contributed by atoms with Crippen LogP contribution in [0, 0.1) is 0 Å². The van der Waals surface area contributed by atoms with E-state index in [1.807, 2.05) is 12.1 Å². The minimum Gasteiger partial charge on any atom is -0.496 e. The van der Waals surface area contributed by atoms with Crippen LogP contribution in [0.2, 0.25) is 0 Å². The van der Waals surface area contributed by atoms with Crippen molar-refractivity contribution in [2.75, 3.05) is 7.11 Å². The zero-order chi connectivity index (χ0) is 9.84. The number of carbonyl (C=O) groups excluding carboxylic acids is 1. The number of carbonyl (C=O) groups is 1. The fourth-order valence-corrected chi connectivity index (χ4v) is 1.61. The van der Waals surface area contributed by atoms with Gasteiger partial charge in [-0.05, 0) is 33.6 Å². The van der Waals surface area contributed by atoms with Crippen molar-refractivity contribution >= 4 is 21.8 Å². The van der Waals surface area contributed by atoms with E-state index in [1.54, 1.807) is 13.2 Å². The molecule has 0 heterocycles. The Bertz CT molecular complexity index is 325. The molecular weight excluding hydrogens is 234 g/mol. The number of primary amides is 1. The third-order valence-electron chi connectivity index (χ3n) is 1.59. The average Bonchev–Trinajstić information content (AvgIpc) is 2.03. The van der Waals surface area contributed by atoms with Gasteiger partial charge in [-0.3, -0.25) is 4.79 Å². The SMILES string of the molecule is COc1ccc(CC(N)=O)cc1Br. The highest BCUT2D eigenvalue weighted by Crippen LogP contribution is 2.25. The van der Waals surface area contributed by atoms with Crippen LogP contribution in [-0.4, -0.2) is 13.0 Å². The first-order chi connectivity index (χ1) is 6.13. The largest absolute Gasteiger partial charge is 0.496 e. The lowest BCUT2D eigenvalue weighted by molar-refractivity contribution is -0.117. The monoisotopic (exact) mass is 243 g/mol. The Morgan fingerprint density at radius 2 is 2.31 bits per heavy atom. The zero-order valence-electron chi connectivity index (χ0n) is 7.21. The van der Waals surface area contributed by atoms with Crippen LogP contribution in [0.1, 0.15) is 5.56 Å². The number of methoxy groups -OCH3 is 1. The van der Waals surface area contributed by atoms with Crippen LogP contribution < -0.4 is 10.5 Å². The van der Waals surface area contributed by atoms with Crippen molar-refractivity contribution in [3.8, 4) is 5.75 Å². The van der Waals surface area contributed by atoms with Crippen molar-refractivity contribution in [2.24, 2.45) is 5.73 Å². The zero-order valence-corrected chi connectivity index (χ0v) is 8.80. The number of halogens is 1. The molecule has 0 atom stereocenters. The maximum Gasteiger partial charge on any atom is 0.221 e. The van der Waals surface area contributed by atoms with Crippen molar-refractivity contribution in [3.63, 3.8) is 0 Å². The van der Waals surface area contributed by atoms with Gasteiger partial charge in [0, 0.05) is 0 Å². The molecule has 1 amide bonds. The van der Waals surface area contributed by atoms with Gasteiger partial charge in [0.15, 0.2) is 0 Å². The quantitative estimate of drug-likeness (QED) is 0.875. The number of nitrogens with two attached hydrogens (primary N) is 1. The fraction of sp³-hybridized carbons (Fsp3) is 0.222. The van der Waals surface area contributed by atoms with Crippen molar-refractivity contribution < 1.29 is 9.53 Å². The Kier molecular flexibility index (Phi) is 3.31. The molecule has 13 heavy (non-hydrogen) atoms. The first kappa shape index (κ1) is 10.1. The summed E-state index contributed by atoms with van der Waals surface area (Å²) in [5.74, 6) is 0.408. The van der Waals surface area contributed by atoms with E-state index < -0.39 is 0 Å². The molecule has 1 aromatic rings. The third-order valence-corrected chi connectivity index (χ3v) is 2.21. The van der Waals surface area contributed by atoms with Gasteiger partial charge < -0.3 is 10.5 Å². The Balaban J connectivity index is 2.89. The van der Waals surface area contributed by atoms with E-state index in [4.69, 9.17) is 10.5 Å².